The summed E-state index contributed by atoms with van der Waals surface area (Å²) in [6, 6.07) is 11.3. The molecule has 0 atom stereocenters. The molecule has 0 saturated carbocycles. The lowest BCUT2D eigenvalue weighted by molar-refractivity contribution is 0.104. The van der Waals surface area contributed by atoms with E-state index in [-0.39, 0.29) is 5.78 Å². The highest BCUT2D eigenvalue weighted by Crippen LogP contribution is 2.27. The van der Waals surface area contributed by atoms with E-state index in [9.17, 15) is 10.1 Å². The van der Waals surface area contributed by atoms with Gasteiger partial charge in [-0.05, 0) is 43.4 Å². The maximum Gasteiger partial charge on any atom is 0.186 e. The van der Waals surface area contributed by atoms with E-state index in [0.29, 0.717) is 16.2 Å². The fourth-order valence-corrected chi connectivity index (χ4v) is 2.81. The second-order valence-electron chi connectivity index (χ2n) is 4.89. The molecule has 0 unspecified atom stereocenters. The lowest BCUT2D eigenvalue weighted by Gasteiger charge is -2.09. The Morgan fingerprint density at radius 3 is 2.50 bits per heavy atom. The molecule has 0 amide bonds. The normalized spacial score (nSPS) is 10.6. The van der Waals surface area contributed by atoms with Crippen molar-refractivity contribution in [2.24, 2.45) is 0 Å². The monoisotopic (exact) mass is 308 g/mol. The number of hydrogen-bond acceptors (Lipinski definition) is 4. The number of hydrogen-bond donors (Lipinski definition) is 0. The van der Waals surface area contributed by atoms with Gasteiger partial charge in [-0.1, -0.05) is 42.1 Å². The third-order valence-corrected chi connectivity index (χ3v) is 4.32. The number of aryl methyl sites for hydroxylation is 1. The first kappa shape index (κ1) is 16.0. The molecule has 1 heterocycles. The van der Waals surface area contributed by atoms with Crippen molar-refractivity contribution in [2.45, 2.75) is 25.8 Å². The van der Waals surface area contributed by atoms with E-state index >= 15 is 0 Å². The Morgan fingerprint density at radius 2 is 1.86 bits per heavy atom. The van der Waals surface area contributed by atoms with E-state index in [0.717, 1.165) is 16.8 Å². The first-order valence-corrected chi connectivity index (χ1v) is 7.73. The second kappa shape index (κ2) is 7.06. The topological polar surface area (TPSA) is 53.8 Å². The summed E-state index contributed by atoms with van der Waals surface area (Å²) in [6.45, 7) is 5.81. The Hall–Kier alpha value is -2.38. The van der Waals surface area contributed by atoms with Crippen LogP contribution in [0, 0.1) is 32.1 Å². The van der Waals surface area contributed by atoms with Gasteiger partial charge >= 0.3 is 0 Å². The zero-order valence-corrected chi connectivity index (χ0v) is 13.6. The van der Waals surface area contributed by atoms with Crippen LogP contribution in [0.5, 0.6) is 0 Å². The zero-order valence-electron chi connectivity index (χ0n) is 12.8. The van der Waals surface area contributed by atoms with Gasteiger partial charge in [0.1, 0.15) is 11.1 Å². The molecule has 2 rings (SSSR count). The molecular formula is C18H16N2OS. The van der Waals surface area contributed by atoms with Crippen LogP contribution < -0.4 is 0 Å². The van der Waals surface area contributed by atoms with Crippen molar-refractivity contribution in [3.05, 3.63) is 69.8 Å². The minimum atomic E-state index is -0.0628. The highest BCUT2D eigenvalue weighted by Gasteiger charge is 2.11. The molecule has 4 heteroatoms. The number of nitriles is 1. The molecule has 0 fully saturated rings. The van der Waals surface area contributed by atoms with Gasteiger partial charge in [-0.15, -0.1) is 0 Å². The summed E-state index contributed by atoms with van der Waals surface area (Å²) in [5.41, 5.74) is 4.10. The molecule has 0 aliphatic heterocycles. The van der Waals surface area contributed by atoms with Gasteiger partial charge in [0.05, 0.1) is 5.56 Å². The van der Waals surface area contributed by atoms with Gasteiger partial charge in [0.15, 0.2) is 5.78 Å². The summed E-state index contributed by atoms with van der Waals surface area (Å²) < 4.78 is 0. The standard InChI is InChI=1S/C18H16N2OS/c1-12-13(2)16(11-19)18(20-14(12)3)22-10-9-17(21)15-7-5-4-6-8-15/h4-10H,1-3H3/b10-9+. The Bertz CT molecular complexity index is 774. The number of pyridine rings is 1. The number of carbonyl (C=O) groups is 1. The summed E-state index contributed by atoms with van der Waals surface area (Å²) in [6.07, 6.45) is 1.51. The van der Waals surface area contributed by atoms with E-state index in [4.69, 9.17) is 0 Å². The minimum absolute atomic E-state index is 0.0628. The lowest BCUT2D eigenvalue weighted by atomic mass is 10.1. The van der Waals surface area contributed by atoms with Crippen LogP contribution in [0.3, 0.4) is 0 Å². The van der Waals surface area contributed by atoms with Crippen LogP contribution in [-0.2, 0) is 0 Å². The average molecular weight is 308 g/mol. The molecule has 2 aromatic rings. The molecule has 0 N–H and O–H groups in total. The van der Waals surface area contributed by atoms with E-state index in [1.54, 1.807) is 17.5 Å². The van der Waals surface area contributed by atoms with Crippen LogP contribution in [-0.4, -0.2) is 10.8 Å². The van der Waals surface area contributed by atoms with Crippen LogP contribution in [0.2, 0.25) is 0 Å². The molecule has 110 valence electrons. The van der Waals surface area contributed by atoms with E-state index in [1.165, 1.54) is 17.8 Å². The molecule has 0 spiro atoms. The summed E-state index contributed by atoms with van der Waals surface area (Å²) in [7, 11) is 0. The van der Waals surface area contributed by atoms with Gasteiger partial charge in [-0.3, -0.25) is 4.79 Å². The number of thioether (sulfide) groups is 1. The number of allylic oxidation sites excluding steroid dienone is 1. The van der Waals surface area contributed by atoms with E-state index in [2.05, 4.69) is 11.1 Å². The van der Waals surface area contributed by atoms with Crippen molar-refractivity contribution in [3.63, 3.8) is 0 Å². The van der Waals surface area contributed by atoms with Crippen molar-refractivity contribution >= 4 is 17.5 Å². The fourth-order valence-electron chi connectivity index (χ4n) is 1.99. The SMILES string of the molecule is Cc1nc(S/C=C/C(=O)c2ccccc2)c(C#N)c(C)c1C. The van der Waals surface area contributed by atoms with Gasteiger partial charge in [0.2, 0.25) is 0 Å². The number of rotatable bonds is 4. The van der Waals surface area contributed by atoms with Crippen molar-refractivity contribution in [1.82, 2.24) is 4.98 Å². The predicted molar refractivity (Wildman–Crippen MR) is 88.9 cm³/mol. The Kier molecular flexibility index (Phi) is 5.13. The van der Waals surface area contributed by atoms with Gasteiger partial charge in [0, 0.05) is 11.3 Å². The molecule has 0 bridgehead atoms. The number of aromatic nitrogens is 1. The smallest absolute Gasteiger partial charge is 0.186 e. The summed E-state index contributed by atoms with van der Waals surface area (Å²) >= 11 is 1.30. The lowest BCUT2D eigenvalue weighted by Crippen LogP contribution is -1.98. The number of benzene rings is 1. The van der Waals surface area contributed by atoms with Crippen molar-refractivity contribution < 1.29 is 4.79 Å². The first-order valence-electron chi connectivity index (χ1n) is 6.85. The molecule has 0 saturated heterocycles. The largest absolute Gasteiger partial charge is 0.289 e. The molecule has 1 aromatic carbocycles. The van der Waals surface area contributed by atoms with Crippen LogP contribution in [0.4, 0.5) is 0 Å². The third kappa shape index (κ3) is 3.44. The van der Waals surface area contributed by atoms with Gasteiger partial charge in [-0.25, -0.2) is 4.98 Å². The van der Waals surface area contributed by atoms with Crippen molar-refractivity contribution in [2.75, 3.05) is 0 Å². The average Bonchev–Trinajstić information content (AvgIpc) is 2.53. The van der Waals surface area contributed by atoms with Crippen LogP contribution in [0.25, 0.3) is 0 Å². The Labute approximate surface area is 134 Å². The number of ketones is 1. The highest BCUT2D eigenvalue weighted by atomic mass is 32.2. The number of nitrogens with zero attached hydrogens (tertiary/aromatic N) is 2. The Balaban J connectivity index is 2.21. The fraction of sp³-hybridized carbons (Fsp3) is 0.167. The third-order valence-electron chi connectivity index (χ3n) is 3.53. The molecule has 1 aromatic heterocycles. The highest BCUT2D eigenvalue weighted by molar-refractivity contribution is 8.02. The summed E-state index contributed by atoms with van der Waals surface area (Å²) in [5, 5.41) is 11.6. The minimum Gasteiger partial charge on any atom is -0.289 e. The van der Waals surface area contributed by atoms with Crippen LogP contribution >= 0.6 is 11.8 Å². The summed E-state index contributed by atoms with van der Waals surface area (Å²) in [4.78, 5) is 16.4. The number of carbonyl (C=O) groups excluding carboxylic acids is 1. The molecule has 3 nitrogen and oxygen atoms in total. The van der Waals surface area contributed by atoms with Crippen molar-refractivity contribution in [1.29, 1.82) is 5.26 Å². The molecule has 0 aliphatic carbocycles. The van der Waals surface area contributed by atoms with Gasteiger partial charge in [0.25, 0.3) is 0 Å². The first-order chi connectivity index (χ1) is 10.5. The zero-order chi connectivity index (χ0) is 16.1. The molecule has 0 aliphatic rings. The predicted octanol–water partition coefficient (Wildman–Crippen LogP) is 4.37. The Morgan fingerprint density at radius 1 is 1.18 bits per heavy atom. The second-order valence-corrected chi connectivity index (χ2v) is 5.78. The van der Waals surface area contributed by atoms with Crippen molar-refractivity contribution in [3.8, 4) is 6.07 Å². The summed E-state index contributed by atoms with van der Waals surface area (Å²) in [5.74, 6) is -0.0628. The van der Waals surface area contributed by atoms with Gasteiger partial charge in [-0.2, -0.15) is 5.26 Å². The maximum absolute atomic E-state index is 12.0. The van der Waals surface area contributed by atoms with Crippen LogP contribution in [0.15, 0.2) is 46.8 Å². The maximum atomic E-state index is 12.0. The van der Waals surface area contributed by atoms with E-state index in [1.807, 2.05) is 39.0 Å². The molecular weight excluding hydrogens is 292 g/mol. The van der Waals surface area contributed by atoms with E-state index < -0.39 is 0 Å². The van der Waals surface area contributed by atoms with Crippen LogP contribution in [0.1, 0.15) is 32.7 Å². The quantitative estimate of drug-likeness (QED) is 0.478. The molecule has 0 radical (unpaired) electrons. The molecule has 22 heavy (non-hydrogen) atoms. The van der Waals surface area contributed by atoms with Gasteiger partial charge < -0.3 is 0 Å².